The fraction of sp³-hybridized carbons (Fsp3) is 0.609. The molecule has 1 spiro atoms. The van der Waals surface area contributed by atoms with Gasteiger partial charge in [-0.2, -0.15) is 0 Å². The Balaban J connectivity index is 1.42. The van der Waals surface area contributed by atoms with Gasteiger partial charge in [0.15, 0.2) is 0 Å². The van der Waals surface area contributed by atoms with Gasteiger partial charge in [0.1, 0.15) is 0 Å². The highest BCUT2D eigenvalue weighted by molar-refractivity contribution is 5.79. The second-order valence-electron chi connectivity index (χ2n) is 9.04. The summed E-state index contributed by atoms with van der Waals surface area (Å²) in [5.41, 5.74) is 2.13. The Labute approximate surface area is 171 Å². The third-order valence-electron chi connectivity index (χ3n) is 7.19. The first kappa shape index (κ1) is 18.8. The zero-order valence-electron chi connectivity index (χ0n) is 17.1. The van der Waals surface area contributed by atoms with Crippen molar-refractivity contribution in [2.24, 2.45) is 11.3 Å². The van der Waals surface area contributed by atoms with E-state index in [2.05, 4.69) is 34.2 Å². The molecule has 1 saturated carbocycles. The van der Waals surface area contributed by atoms with Crippen LogP contribution in [0.5, 0.6) is 0 Å². The number of nitrogens with zero attached hydrogens (tertiary/aromatic N) is 3. The van der Waals surface area contributed by atoms with Crippen LogP contribution in [-0.4, -0.2) is 47.3 Å². The van der Waals surface area contributed by atoms with Gasteiger partial charge < -0.3 is 14.1 Å². The predicted molar refractivity (Wildman–Crippen MR) is 108 cm³/mol. The molecule has 2 saturated heterocycles. The first-order valence-corrected chi connectivity index (χ1v) is 10.9. The van der Waals surface area contributed by atoms with E-state index in [-0.39, 0.29) is 17.3 Å². The summed E-state index contributed by atoms with van der Waals surface area (Å²) in [6, 6.07) is 8.14. The van der Waals surface area contributed by atoms with Crippen LogP contribution >= 0.6 is 0 Å². The number of hydrogen-bond acceptors (Lipinski definition) is 5. The maximum Gasteiger partial charge on any atom is 0.247 e. The molecule has 1 amide bonds. The van der Waals surface area contributed by atoms with E-state index in [0.29, 0.717) is 24.2 Å². The molecule has 0 bridgehead atoms. The first-order valence-electron chi connectivity index (χ1n) is 10.9. The Hall–Kier alpha value is -2.21. The molecule has 6 heteroatoms. The van der Waals surface area contributed by atoms with E-state index < -0.39 is 0 Å². The van der Waals surface area contributed by atoms with Gasteiger partial charge in [-0.1, -0.05) is 30.5 Å². The number of aromatic nitrogens is 2. The van der Waals surface area contributed by atoms with Crippen molar-refractivity contribution < 1.29 is 13.9 Å². The lowest BCUT2D eigenvalue weighted by molar-refractivity contribution is -0.135. The van der Waals surface area contributed by atoms with E-state index in [0.717, 1.165) is 51.0 Å². The zero-order valence-corrected chi connectivity index (χ0v) is 17.1. The van der Waals surface area contributed by atoms with Gasteiger partial charge in [-0.3, -0.25) is 4.79 Å². The van der Waals surface area contributed by atoms with E-state index >= 15 is 0 Å². The summed E-state index contributed by atoms with van der Waals surface area (Å²) in [5, 5.41) is 8.78. The molecule has 5 rings (SSSR count). The number of amides is 1. The fourth-order valence-corrected chi connectivity index (χ4v) is 5.38. The van der Waals surface area contributed by atoms with E-state index in [1.807, 2.05) is 12.1 Å². The summed E-state index contributed by atoms with van der Waals surface area (Å²) in [4.78, 5) is 15.2. The van der Waals surface area contributed by atoms with E-state index in [9.17, 15) is 4.79 Å². The number of carbonyl (C=O) groups excluding carboxylic acids is 1. The number of aryl methyl sites for hydroxylation is 1. The Kier molecular flexibility index (Phi) is 4.90. The van der Waals surface area contributed by atoms with Crippen molar-refractivity contribution >= 4 is 5.91 Å². The molecule has 29 heavy (non-hydrogen) atoms. The van der Waals surface area contributed by atoms with Crippen LogP contribution in [0.25, 0.3) is 11.5 Å². The highest BCUT2D eigenvalue weighted by Gasteiger charge is 2.52. The lowest BCUT2D eigenvalue weighted by atomic mass is 9.72. The van der Waals surface area contributed by atoms with Crippen molar-refractivity contribution in [1.29, 1.82) is 0 Å². The molecule has 0 N–H and O–H groups in total. The van der Waals surface area contributed by atoms with Gasteiger partial charge in [0.25, 0.3) is 0 Å². The Bertz CT molecular complexity index is 864. The highest BCUT2D eigenvalue weighted by atomic mass is 16.5. The molecule has 1 unspecified atom stereocenters. The molecule has 3 heterocycles. The van der Waals surface area contributed by atoms with Gasteiger partial charge >= 0.3 is 0 Å². The van der Waals surface area contributed by atoms with Crippen LogP contribution < -0.4 is 0 Å². The Morgan fingerprint density at radius 2 is 1.83 bits per heavy atom. The molecular weight excluding hydrogens is 366 g/mol. The molecule has 2 aromatic rings. The normalized spacial score (nSPS) is 24.4. The minimum absolute atomic E-state index is 0.0103. The molecule has 1 atom stereocenters. The van der Waals surface area contributed by atoms with Gasteiger partial charge in [0, 0.05) is 43.2 Å². The number of likely N-dealkylation sites (tertiary alicyclic amines) is 1. The van der Waals surface area contributed by atoms with Crippen LogP contribution in [0.15, 0.2) is 28.7 Å². The third-order valence-corrected chi connectivity index (χ3v) is 7.19. The molecule has 1 aromatic heterocycles. The fourth-order valence-electron chi connectivity index (χ4n) is 5.38. The van der Waals surface area contributed by atoms with Crippen LogP contribution in [0, 0.1) is 18.3 Å². The molecule has 3 aliphatic rings. The molecule has 6 nitrogen and oxygen atoms in total. The quantitative estimate of drug-likeness (QED) is 0.787. The number of hydrogen-bond donors (Lipinski definition) is 0. The van der Waals surface area contributed by atoms with Crippen molar-refractivity contribution in [2.75, 3.05) is 26.3 Å². The maximum absolute atomic E-state index is 13.1. The first-order chi connectivity index (χ1) is 14.1. The third kappa shape index (κ3) is 3.48. The van der Waals surface area contributed by atoms with Gasteiger partial charge in [-0.05, 0) is 44.7 Å². The standard InChI is InChI=1S/C23H29N3O3/c1-16-6-8-17(9-7-16)20-24-25-21(29-20)19-14-26(22(27)18-4-2-3-5-18)15-23(19)10-12-28-13-11-23/h6-9,18-19H,2-5,10-15H2,1H3. The van der Waals surface area contributed by atoms with Crippen molar-refractivity contribution in [3.63, 3.8) is 0 Å². The average Bonchev–Trinajstić information content (AvgIpc) is 3.49. The monoisotopic (exact) mass is 395 g/mol. The summed E-state index contributed by atoms with van der Waals surface area (Å²) in [6.45, 7) is 5.01. The Morgan fingerprint density at radius 3 is 2.55 bits per heavy atom. The summed E-state index contributed by atoms with van der Waals surface area (Å²) in [5.74, 6) is 1.85. The minimum Gasteiger partial charge on any atom is -0.420 e. The zero-order chi connectivity index (χ0) is 19.8. The minimum atomic E-state index is -0.0103. The smallest absolute Gasteiger partial charge is 0.247 e. The average molecular weight is 396 g/mol. The molecule has 154 valence electrons. The van der Waals surface area contributed by atoms with Crippen molar-refractivity contribution in [1.82, 2.24) is 15.1 Å². The molecule has 0 radical (unpaired) electrons. The van der Waals surface area contributed by atoms with Crippen LogP contribution in [-0.2, 0) is 9.53 Å². The summed E-state index contributed by atoms with van der Waals surface area (Å²) in [7, 11) is 0. The predicted octanol–water partition coefficient (Wildman–Crippen LogP) is 3.96. The van der Waals surface area contributed by atoms with Gasteiger partial charge in [-0.25, -0.2) is 0 Å². The number of benzene rings is 1. The van der Waals surface area contributed by atoms with Crippen LogP contribution in [0.4, 0.5) is 0 Å². The lowest BCUT2D eigenvalue weighted by Crippen LogP contribution is -2.38. The number of ether oxygens (including phenoxy) is 1. The molecule has 3 fully saturated rings. The molecule has 1 aliphatic carbocycles. The molecular formula is C23H29N3O3. The maximum atomic E-state index is 13.1. The largest absolute Gasteiger partial charge is 0.420 e. The lowest BCUT2D eigenvalue weighted by Gasteiger charge is -2.36. The van der Waals surface area contributed by atoms with Crippen LogP contribution in [0.3, 0.4) is 0 Å². The van der Waals surface area contributed by atoms with Gasteiger partial charge in [-0.15, -0.1) is 10.2 Å². The summed E-state index contributed by atoms with van der Waals surface area (Å²) < 4.78 is 11.8. The number of carbonyl (C=O) groups is 1. The molecule has 1 aromatic carbocycles. The van der Waals surface area contributed by atoms with E-state index in [1.54, 1.807) is 0 Å². The van der Waals surface area contributed by atoms with E-state index in [1.165, 1.54) is 18.4 Å². The second kappa shape index (κ2) is 7.56. The summed E-state index contributed by atoms with van der Waals surface area (Å²) in [6.07, 6.45) is 6.30. The van der Waals surface area contributed by atoms with E-state index in [4.69, 9.17) is 9.15 Å². The van der Waals surface area contributed by atoms with Gasteiger partial charge in [0.2, 0.25) is 17.7 Å². The van der Waals surface area contributed by atoms with Gasteiger partial charge in [0.05, 0.1) is 5.92 Å². The summed E-state index contributed by atoms with van der Waals surface area (Å²) >= 11 is 0. The highest BCUT2D eigenvalue weighted by Crippen LogP contribution is 2.50. The second-order valence-corrected chi connectivity index (χ2v) is 9.04. The van der Waals surface area contributed by atoms with Crippen molar-refractivity contribution in [3.05, 3.63) is 35.7 Å². The van der Waals surface area contributed by atoms with Crippen molar-refractivity contribution in [2.45, 2.75) is 51.4 Å². The van der Waals surface area contributed by atoms with Crippen molar-refractivity contribution in [3.8, 4) is 11.5 Å². The number of rotatable bonds is 3. The molecule has 2 aliphatic heterocycles. The van der Waals surface area contributed by atoms with Crippen LogP contribution in [0.2, 0.25) is 0 Å². The van der Waals surface area contributed by atoms with Crippen LogP contribution in [0.1, 0.15) is 55.9 Å². The topological polar surface area (TPSA) is 68.5 Å². The Morgan fingerprint density at radius 1 is 1.10 bits per heavy atom. The SMILES string of the molecule is Cc1ccc(-c2nnc(C3CN(C(=O)C4CCCC4)CC34CCOCC4)o2)cc1.